The maximum atomic E-state index is 12.5. The molecule has 3 N–H and O–H groups in total. The van der Waals surface area contributed by atoms with Gasteiger partial charge in [0.15, 0.2) is 0 Å². The smallest absolute Gasteiger partial charge is 0.326 e. The lowest BCUT2D eigenvalue weighted by Crippen LogP contribution is -2.52. The molecule has 2 amide bonds. The topological polar surface area (TPSA) is 108 Å². The number of carbonyl (C=O) groups is 3. The molecule has 0 unspecified atom stereocenters. The Morgan fingerprint density at radius 3 is 2.32 bits per heavy atom. The van der Waals surface area contributed by atoms with Crippen LogP contribution in [0.2, 0.25) is 0 Å². The highest BCUT2D eigenvalue weighted by Crippen LogP contribution is 2.21. The van der Waals surface area contributed by atoms with E-state index in [1.54, 1.807) is 24.4 Å². The predicted octanol–water partition coefficient (Wildman–Crippen LogP) is 1.52. The van der Waals surface area contributed by atoms with Crippen molar-refractivity contribution in [3.8, 4) is 0 Å². The van der Waals surface area contributed by atoms with Gasteiger partial charge in [-0.1, -0.05) is 26.8 Å². The number of amides is 2. The fraction of sp³-hybridized carbons (Fsp3) is 0.556. The van der Waals surface area contributed by atoms with Gasteiger partial charge in [0.25, 0.3) is 0 Å². The monoisotopic (exact) mass is 349 g/mol. The van der Waals surface area contributed by atoms with Crippen LogP contribution in [0.4, 0.5) is 0 Å². The van der Waals surface area contributed by atoms with Crippen molar-refractivity contribution in [2.75, 3.05) is 0 Å². The van der Waals surface area contributed by atoms with Crippen molar-refractivity contribution in [2.24, 2.45) is 5.41 Å². The average Bonchev–Trinajstić information content (AvgIpc) is 2.50. The number of nitrogens with zero attached hydrogens (tertiary/aromatic N) is 1. The van der Waals surface area contributed by atoms with Crippen molar-refractivity contribution < 1.29 is 19.5 Å². The molecule has 0 aliphatic rings. The van der Waals surface area contributed by atoms with Crippen LogP contribution in [0.1, 0.15) is 46.2 Å². The van der Waals surface area contributed by atoms with Gasteiger partial charge in [-0.25, -0.2) is 4.79 Å². The first-order valence-electron chi connectivity index (χ1n) is 8.28. The maximum absolute atomic E-state index is 12.5. The summed E-state index contributed by atoms with van der Waals surface area (Å²) in [5.74, 6) is -1.98. The van der Waals surface area contributed by atoms with Gasteiger partial charge in [-0.15, -0.1) is 0 Å². The minimum atomic E-state index is -1.09. The molecule has 7 nitrogen and oxygen atoms in total. The van der Waals surface area contributed by atoms with E-state index in [-0.39, 0.29) is 17.7 Å². The van der Waals surface area contributed by atoms with Crippen LogP contribution in [0.3, 0.4) is 0 Å². The van der Waals surface area contributed by atoms with Gasteiger partial charge >= 0.3 is 5.97 Å². The summed E-state index contributed by atoms with van der Waals surface area (Å²) < 4.78 is 0. The van der Waals surface area contributed by atoms with Crippen LogP contribution in [0.15, 0.2) is 24.4 Å². The van der Waals surface area contributed by atoms with E-state index in [0.717, 1.165) is 0 Å². The number of aliphatic carboxylic acids is 1. The van der Waals surface area contributed by atoms with Crippen LogP contribution >= 0.6 is 0 Å². The Morgan fingerprint density at radius 2 is 1.84 bits per heavy atom. The molecule has 0 fully saturated rings. The zero-order valence-corrected chi connectivity index (χ0v) is 15.2. The molecule has 1 aromatic heterocycles. The molecule has 1 aromatic rings. The number of carboxylic acids is 1. The van der Waals surface area contributed by atoms with Crippen molar-refractivity contribution in [3.63, 3.8) is 0 Å². The fourth-order valence-electron chi connectivity index (χ4n) is 2.29. The van der Waals surface area contributed by atoms with E-state index in [9.17, 15) is 19.5 Å². The van der Waals surface area contributed by atoms with Crippen LogP contribution in [0.5, 0.6) is 0 Å². The second-order valence-electron chi connectivity index (χ2n) is 7.28. The number of carboxylic acid groups (broad SMARTS) is 1. The van der Waals surface area contributed by atoms with Gasteiger partial charge in [0.2, 0.25) is 11.8 Å². The predicted molar refractivity (Wildman–Crippen MR) is 93.8 cm³/mol. The highest BCUT2D eigenvalue weighted by molar-refractivity contribution is 5.90. The first-order chi connectivity index (χ1) is 11.6. The molecule has 25 heavy (non-hydrogen) atoms. The van der Waals surface area contributed by atoms with Gasteiger partial charge in [0.1, 0.15) is 12.1 Å². The Balaban J connectivity index is 2.80. The van der Waals surface area contributed by atoms with Crippen molar-refractivity contribution in [1.82, 2.24) is 15.6 Å². The molecule has 2 atom stereocenters. The molecular formula is C18H27N3O4. The molecule has 1 heterocycles. The van der Waals surface area contributed by atoms with E-state index >= 15 is 0 Å². The van der Waals surface area contributed by atoms with Crippen molar-refractivity contribution >= 4 is 17.8 Å². The second kappa shape index (κ2) is 9.15. The van der Waals surface area contributed by atoms with E-state index in [0.29, 0.717) is 18.5 Å². The minimum Gasteiger partial charge on any atom is -0.480 e. The molecule has 0 bridgehead atoms. The number of hydrogen-bond donors (Lipinski definition) is 3. The van der Waals surface area contributed by atoms with E-state index < -0.39 is 24.0 Å². The summed E-state index contributed by atoms with van der Waals surface area (Å²) in [5.41, 5.74) is 0.599. The third-order valence-electron chi connectivity index (χ3n) is 3.63. The summed E-state index contributed by atoms with van der Waals surface area (Å²) in [5, 5.41) is 14.5. The number of pyridine rings is 1. The Kier molecular flexibility index (Phi) is 7.54. The molecule has 138 valence electrons. The number of carbonyl (C=O) groups excluding carboxylic acids is 2. The van der Waals surface area contributed by atoms with E-state index in [4.69, 9.17) is 0 Å². The third kappa shape index (κ3) is 8.28. The van der Waals surface area contributed by atoms with Gasteiger partial charge in [-0.05, 0) is 30.4 Å². The molecule has 0 saturated carbocycles. The first-order valence-corrected chi connectivity index (χ1v) is 8.28. The van der Waals surface area contributed by atoms with Crippen LogP contribution in [-0.2, 0) is 20.8 Å². The third-order valence-corrected chi connectivity index (χ3v) is 3.63. The average molecular weight is 349 g/mol. The van der Waals surface area contributed by atoms with E-state index in [1.807, 2.05) is 20.8 Å². The van der Waals surface area contributed by atoms with Gasteiger partial charge < -0.3 is 15.7 Å². The number of nitrogens with one attached hydrogen (secondary N) is 2. The molecule has 0 radical (unpaired) electrons. The molecule has 0 aliphatic heterocycles. The molecule has 0 aromatic carbocycles. The van der Waals surface area contributed by atoms with Crippen molar-refractivity contribution in [2.45, 2.75) is 59.0 Å². The first kappa shape index (κ1) is 20.6. The van der Waals surface area contributed by atoms with Crippen LogP contribution < -0.4 is 10.6 Å². The zero-order valence-electron chi connectivity index (χ0n) is 15.2. The molecule has 0 aliphatic carbocycles. The van der Waals surface area contributed by atoms with E-state index in [2.05, 4.69) is 15.6 Å². The lowest BCUT2D eigenvalue weighted by Gasteiger charge is -2.24. The normalized spacial score (nSPS) is 13.6. The van der Waals surface area contributed by atoms with Gasteiger partial charge in [0.05, 0.1) is 0 Å². The van der Waals surface area contributed by atoms with Gasteiger partial charge in [-0.2, -0.15) is 0 Å². The quantitative estimate of drug-likeness (QED) is 0.659. The van der Waals surface area contributed by atoms with Crippen molar-refractivity contribution in [3.05, 3.63) is 30.1 Å². The van der Waals surface area contributed by atoms with E-state index in [1.165, 1.54) is 6.92 Å². The summed E-state index contributed by atoms with van der Waals surface area (Å²) >= 11 is 0. The Morgan fingerprint density at radius 1 is 1.16 bits per heavy atom. The Bertz CT molecular complexity index is 596. The number of rotatable bonds is 8. The Labute approximate surface area is 148 Å². The summed E-state index contributed by atoms with van der Waals surface area (Å²) in [6, 6.07) is 3.42. The number of hydrogen-bond acceptors (Lipinski definition) is 4. The fourth-order valence-corrected chi connectivity index (χ4v) is 2.29. The highest BCUT2D eigenvalue weighted by atomic mass is 16.4. The molecule has 0 spiro atoms. The summed E-state index contributed by atoms with van der Waals surface area (Å²) in [7, 11) is 0. The molecule has 1 rings (SSSR count). The molecule has 0 saturated heterocycles. The Hall–Kier alpha value is -2.44. The SMILES string of the molecule is CC(=O)N[C@@H](Cc1ccccn1)C(=O)N[C@@H](CCC(C)(C)C)C(=O)O. The zero-order chi connectivity index (χ0) is 19.0. The largest absolute Gasteiger partial charge is 0.480 e. The number of aromatic nitrogens is 1. The minimum absolute atomic E-state index is 0.0383. The second-order valence-corrected chi connectivity index (χ2v) is 7.28. The van der Waals surface area contributed by atoms with Crippen LogP contribution in [-0.4, -0.2) is 40.0 Å². The van der Waals surface area contributed by atoms with Crippen LogP contribution in [0, 0.1) is 5.41 Å². The molecular weight excluding hydrogens is 322 g/mol. The maximum Gasteiger partial charge on any atom is 0.326 e. The highest BCUT2D eigenvalue weighted by Gasteiger charge is 2.27. The molecule has 7 heteroatoms. The lowest BCUT2D eigenvalue weighted by molar-refractivity contribution is -0.142. The van der Waals surface area contributed by atoms with Crippen molar-refractivity contribution in [1.29, 1.82) is 0 Å². The summed E-state index contributed by atoms with van der Waals surface area (Å²) in [6.45, 7) is 7.34. The standard InChI is InChI=1S/C18H27N3O4/c1-12(22)20-15(11-13-7-5-6-10-19-13)16(23)21-14(17(24)25)8-9-18(2,3)4/h5-7,10,14-15H,8-9,11H2,1-4H3,(H,20,22)(H,21,23)(H,24,25)/t14-,15-/m0/s1. The lowest BCUT2D eigenvalue weighted by atomic mass is 9.88. The van der Waals surface area contributed by atoms with Crippen LogP contribution in [0.25, 0.3) is 0 Å². The van der Waals surface area contributed by atoms with Gasteiger partial charge in [0, 0.05) is 25.2 Å². The summed E-state index contributed by atoms with van der Waals surface area (Å²) in [6.07, 6.45) is 2.76. The summed E-state index contributed by atoms with van der Waals surface area (Å²) in [4.78, 5) is 39.5. The van der Waals surface area contributed by atoms with Gasteiger partial charge in [-0.3, -0.25) is 14.6 Å².